The molecule has 0 N–H and O–H groups in total. The van der Waals surface area contributed by atoms with Gasteiger partial charge < -0.3 is 4.74 Å². The molecule has 0 radical (unpaired) electrons. The van der Waals surface area contributed by atoms with E-state index < -0.39 is 0 Å². The van der Waals surface area contributed by atoms with Gasteiger partial charge in [-0.05, 0) is 64.0 Å². The largest absolute Gasteiger partial charge is 0.496 e. The van der Waals surface area contributed by atoms with Crippen LogP contribution in [0, 0.1) is 5.82 Å². The highest BCUT2D eigenvalue weighted by Gasteiger charge is 2.03. The van der Waals surface area contributed by atoms with Crippen LogP contribution in [-0.2, 0) is 0 Å². The minimum atomic E-state index is -0.357. The highest BCUT2D eigenvalue weighted by atomic mass is 79.9. The highest BCUT2D eigenvalue weighted by Crippen LogP contribution is 2.26. The van der Waals surface area contributed by atoms with Crippen LogP contribution < -0.4 is 4.74 Å². The number of halogens is 2. The second-order valence-electron chi connectivity index (χ2n) is 4.10. The second kappa shape index (κ2) is 6.48. The van der Waals surface area contributed by atoms with E-state index >= 15 is 0 Å². The zero-order valence-electron chi connectivity index (χ0n) is 10.8. The van der Waals surface area contributed by atoms with Crippen molar-refractivity contribution in [2.45, 2.75) is 0 Å². The molecule has 0 bridgehead atoms. The molecular weight excluding hydrogens is 323 g/mol. The molecule has 0 spiro atoms. The first-order valence-corrected chi connectivity index (χ1v) is 6.71. The van der Waals surface area contributed by atoms with Crippen LogP contribution in [0.25, 0.3) is 6.08 Å². The zero-order chi connectivity index (χ0) is 14.5. The van der Waals surface area contributed by atoms with Gasteiger partial charge in [-0.15, -0.1) is 0 Å². The fourth-order valence-corrected chi connectivity index (χ4v) is 2.23. The summed E-state index contributed by atoms with van der Waals surface area (Å²) in [5, 5.41) is 0. The molecule has 102 valence electrons. The molecule has 0 amide bonds. The number of allylic oxidation sites excluding steroid dienone is 1. The summed E-state index contributed by atoms with van der Waals surface area (Å²) in [6.07, 6.45) is 3.16. The third-order valence-electron chi connectivity index (χ3n) is 2.73. The molecule has 0 aliphatic heterocycles. The molecule has 0 saturated carbocycles. The van der Waals surface area contributed by atoms with Crippen molar-refractivity contribution >= 4 is 27.8 Å². The van der Waals surface area contributed by atoms with E-state index in [2.05, 4.69) is 15.9 Å². The summed E-state index contributed by atoms with van der Waals surface area (Å²) < 4.78 is 18.7. The van der Waals surface area contributed by atoms with Crippen molar-refractivity contribution in [2.75, 3.05) is 7.11 Å². The van der Waals surface area contributed by atoms with E-state index in [1.165, 1.54) is 30.3 Å². The predicted molar refractivity (Wildman–Crippen MR) is 80.5 cm³/mol. The minimum Gasteiger partial charge on any atom is -0.496 e. The standard InChI is InChI=1S/C16H12BrFO2/c1-20-16-9-3-11(10-14(16)17)2-8-15(19)12-4-6-13(18)7-5-12/h2-10H,1H3/b8-2+. The topological polar surface area (TPSA) is 26.3 Å². The minimum absolute atomic E-state index is 0.169. The summed E-state index contributed by atoms with van der Waals surface area (Å²) in [6, 6.07) is 11.0. The molecule has 4 heteroatoms. The lowest BCUT2D eigenvalue weighted by Crippen LogP contribution is -1.93. The number of hydrogen-bond acceptors (Lipinski definition) is 2. The Morgan fingerprint density at radius 1 is 1.20 bits per heavy atom. The van der Waals surface area contributed by atoms with E-state index in [0.717, 1.165) is 15.8 Å². The summed E-state index contributed by atoms with van der Waals surface area (Å²) in [7, 11) is 1.59. The number of hydrogen-bond donors (Lipinski definition) is 0. The van der Waals surface area contributed by atoms with Gasteiger partial charge in [-0.3, -0.25) is 4.79 Å². The number of rotatable bonds is 4. The van der Waals surface area contributed by atoms with Gasteiger partial charge in [0.05, 0.1) is 11.6 Å². The monoisotopic (exact) mass is 334 g/mol. The SMILES string of the molecule is COc1ccc(/C=C/C(=O)c2ccc(F)cc2)cc1Br. The number of methoxy groups -OCH3 is 1. The van der Waals surface area contributed by atoms with E-state index in [4.69, 9.17) is 4.74 Å². The lowest BCUT2D eigenvalue weighted by Gasteiger charge is -2.03. The van der Waals surface area contributed by atoms with Crippen molar-refractivity contribution in [1.29, 1.82) is 0 Å². The normalized spacial score (nSPS) is 10.8. The number of ketones is 1. The molecule has 0 aromatic heterocycles. The van der Waals surface area contributed by atoms with E-state index in [-0.39, 0.29) is 11.6 Å². The number of benzene rings is 2. The van der Waals surface area contributed by atoms with Gasteiger partial charge in [0, 0.05) is 5.56 Å². The van der Waals surface area contributed by atoms with E-state index in [0.29, 0.717) is 5.56 Å². The smallest absolute Gasteiger partial charge is 0.185 e. The molecule has 2 rings (SSSR count). The second-order valence-corrected chi connectivity index (χ2v) is 4.95. The van der Waals surface area contributed by atoms with Crippen molar-refractivity contribution in [3.05, 3.63) is 70.0 Å². The molecular formula is C16H12BrFO2. The van der Waals surface area contributed by atoms with Gasteiger partial charge in [-0.1, -0.05) is 12.1 Å². The summed E-state index contributed by atoms with van der Waals surface area (Å²) in [6.45, 7) is 0. The number of ether oxygens (including phenoxy) is 1. The van der Waals surface area contributed by atoms with Crippen molar-refractivity contribution in [3.8, 4) is 5.75 Å². The van der Waals surface area contributed by atoms with Crippen LogP contribution in [0.4, 0.5) is 4.39 Å². The molecule has 0 aliphatic rings. The molecule has 2 aromatic rings. The van der Waals surface area contributed by atoms with Gasteiger partial charge in [-0.25, -0.2) is 4.39 Å². The molecule has 20 heavy (non-hydrogen) atoms. The maximum Gasteiger partial charge on any atom is 0.185 e. The van der Waals surface area contributed by atoms with E-state index in [1.807, 2.05) is 18.2 Å². The average Bonchev–Trinajstić information content (AvgIpc) is 2.45. The fraction of sp³-hybridized carbons (Fsp3) is 0.0625. The Balaban J connectivity index is 2.14. The van der Waals surface area contributed by atoms with Crippen LogP contribution in [-0.4, -0.2) is 12.9 Å². The highest BCUT2D eigenvalue weighted by molar-refractivity contribution is 9.10. The van der Waals surface area contributed by atoms with Crippen LogP contribution in [0.5, 0.6) is 5.75 Å². The first kappa shape index (κ1) is 14.5. The molecule has 0 unspecified atom stereocenters. The van der Waals surface area contributed by atoms with Gasteiger partial charge >= 0.3 is 0 Å². The summed E-state index contributed by atoms with van der Waals surface area (Å²) >= 11 is 3.38. The van der Waals surface area contributed by atoms with E-state index in [1.54, 1.807) is 13.2 Å². The van der Waals surface area contributed by atoms with Crippen molar-refractivity contribution in [3.63, 3.8) is 0 Å². The van der Waals surface area contributed by atoms with Crippen LogP contribution in [0.2, 0.25) is 0 Å². The van der Waals surface area contributed by atoms with Gasteiger partial charge in [0.2, 0.25) is 0 Å². The molecule has 0 aliphatic carbocycles. The lowest BCUT2D eigenvalue weighted by molar-refractivity contribution is 0.104. The predicted octanol–water partition coefficient (Wildman–Crippen LogP) is 4.49. The molecule has 0 saturated heterocycles. The van der Waals surface area contributed by atoms with Crippen molar-refractivity contribution < 1.29 is 13.9 Å². The fourth-order valence-electron chi connectivity index (χ4n) is 1.67. The lowest BCUT2D eigenvalue weighted by atomic mass is 10.1. The number of carbonyl (C=O) groups is 1. The van der Waals surface area contributed by atoms with Gasteiger partial charge in [0.25, 0.3) is 0 Å². The van der Waals surface area contributed by atoms with Gasteiger partial charge in [-0.2, -0.15) is 0 Å². The summed E-state index contributed by atoms with van der Waals surface area (Å²) in [5.74, 6) is 0.202. The first-order chi connectivity index (χ1) is 9.60. The Morgan fingerprint density at radius 2 is 1.90 bits per heavy atom. The molecule has 2 nitrogen and oxygen atoms in total. The zero-order valence-corrected chi connectivity index (χ0v) is 12.4. The third-order valence-corrected chi connectivity index (χ3v) is 3.35. The van der Waals surface area contributed by atoms with Crippen molar-refractivity contribution in [2.24, 2.45) is 0 Å². The van der Waals surface area contributed by atoms with E-state index in [9.17, 15) is 9.18 Å². The molecule has 2 aromatic carbocycles. The van der Waals surface area contributed by atoms with Gasteiger partial charge in [0.15, 0.2) is 5.78 Å². The van der Waals surface area contributed by atoms with Crippen molar-refractivity contribution in [1.82, 2.24) is 0 Å². The van der Waals surface area contributed by atoms with Crippen LogP contribution in [0.15, 0.2) is 53.0 Å². The molecule has 0 heterocycles. The van der Waals surface area contributed by atoms with Crippen LogP contribution in [0.1, 0.15) is 15.9 Å². The van der Waals surface area contributed by atoms with Crippen LogP contribution >= 0.6 is 15.9 Å². The third kappa shape index (κ3) is 3.54. The first-order valence-electron chi connectivity index (χ1n) is 5.91. The molecule has 0 fully saturated rings. The molecule has 0 atom stereocenters. The summed E-state index contributed by atoms with van der Waals surface area (Å²) in [5.41, 5.74) is 1.32. The Bertz CT molecular complexity index is 648. The van der Waals surface area contributed by atoms with Gasteiger partial charge in [0.1, 0.15) is 11.6 Å². The Morgan fingerprint density at radius 3 is 2.50 bits per heavy atom. The van der Waals surface area contributed by atoms with Crippen LogP contribution in [0.3, 0.4) is 0 Å². The summed E-state index contributed by atoms with van der Waals surface area (Å²) in [4.78, 5) is 11.9. The quantitative estimate of drug-likeness (QED) is 0.608. The Hall–Kier alpha value is -1.94. The maximum absolute atomic E-state index is 12.8. The number of carbonyl (C=O) groups excluding carboxylic acids is 1. The Kier molecular flexibility index (Phi) is 4.69. The Labute approximate surface area is 125 Å². The maximum atomic E-state index is 12.8. The average molecular weight is 335 g/mol.